The number of hydrogen-bond donors (Lipinski definition) is 1. The van der Waals surface area contributed by atoms with Gasteiger partial charge in [0.1, 0.15) is 0 Å². The summed E-state index contributed by atoms with van der Waals surface area (Å²) < 4.78 is 28.2. The van der Waals surface area contributed by atoms with Crippen molar-refractivity contribution in [1.82, 2.24) is 9.55 Å². The van der Waals surface area contributed by atoms with Crippen molar-refractivity contribution in [3.8, 4) is 0 Å². The first-order valence-corrected chi connectivity index (χ1v) is 6.13. The summed E-state index contributed by atoms with van der Waals surface area (Å²) in [5.41, 5.74) is 6.16. The molecule has 1 fully saturated rings. The molecule has 0 amide bonds. The molecule has 0 radical (unpaired) electrons. The van der Waals surface area contributed by atoms with Gasteiger partial charge in [-0.2, -0.15) is 0 Å². The van der Waals surface area contributed by atoms with E-state index in [9.17, 15) is 8.78 Å². The molecule has 1 aliphatic rings. The number of nitrogens with zero attached hydrogens (tertiary/aromatic N) is 2. The fourth-order valence-corrected chi connectivity index (χ4v) is 2.73. The number of hydrogen-bond acceptors (Lipinski definition) is 2. The summed E-state index contributed by atoms with van der Waals surface area (Å²) in [5.74, 6) is -2.59. The van der Waals surface area contributed by atoms with Gasteiger partial charge in [-0.1, -0.05) is 11.6 Å². The fourth-order valence-electron chi connectivity index (χ4n) is 2.39. The van der Waals surface area contributed by atoms with Crippen LogP contribution < -0.4 is 5.73 Å². The van der Waals surface area contributed by atoms with E-state index in [4.69, 9.17) is 17.3 Å². The van der Waals surface area contributed by atoms with Crippen molar-refractivity contribution in [2.45, 2.75) is 50.6 Å². The summed E-state index contributed by atoms with van der Waals surface area (Å²) in [5, 5.41) is 0.333. The summed E-state index contributed by atoms with van der Waals surface area (Å²) in [6, 6.07) is 0. The minimum atomic E-state index is -2.59. The molecule has 0 unspecified atom stereocenters. The first-order chi connectivity index (χ1) is 7.88. The minimum Gasteiger partial charge on any atom is -0.332 e. The standard InChI is InChI=1S/C11H16ClF2N3/c1-2-17-7-16-9(12)8(17)10(15)3-5-11(13,14)6-4-10/h7H,2-6,15H2,1H3. The summed E-state index contributed by atoms with van der Waals surface area (Å²) in [4.78, 5) is 4.01. The summed E-state index contributed by atoms with van der Waals surface area (Å²) >= 11 is 6.02. The lowest BCUT2D eigenvalue weighted by atomic mass is 9.78. The molecule has 1 aliphatic carbocycles. The normalized spacial score (nSPS) is 22.6. The van der Waals surface area contributed by atoms with E-state index in [0.717, 1.165) is 0 Å². The minimum absolute atomic E-state index is 0.186. The zero-order valence-electron chi connectivity index (χ0n) is 9.72. The SMILES string of the molecule is CCn1cnc(Cl)c1C1(N)CCC(F)(F)CC1. The average molecular weight is 264 g/mol. The zero-order valence-corrected chi connectivity index (χ0v) is 10.5. The first kappa shape index (κ1) is 12.8. The maximum atomic E-state index is 13.2. The van der Waals surface area contributed by atoms with Gasteiger partial charge in [0.05, 0.1) is 17.6 Å². The van der Waals surface area contributed by atoms with Gasteiger partial charge in [0.15, 0.2) is 5.15 Å². The molecule has 0 atom stereocenters. The van der Waals surface area contributed by atoms with Crippen LogP contribution in [0.1, 0.15) is 38.3 Å². The molecule has 0 saturated heterocycles. The predicted molar refractivity (Wildman–Crippen MR) is 62.2 cm³/mol. The monoisotopic (exact) mass is 263 g/mol. The van der Waals surface area contributed by atoms with E-state index < -0.39 is 11.5 Å². The van der Waals surface area contributed by atoms with Gasteiger partial charge < -0.3 is 10.3 Å². The molecule has 2 rings (SSSR count). The smallest absolute Gasteiger partial charge is 0.248 e. The Labute approximate surface area is 104 Å². The van der Waals surface area contributed by atoms with Gasteiger partial charge in [0, 0.05) is 19.4 Å². The van der Waals surface area contributed by atoms with Crippen LogP contribution in [0.15, 0.2) is 6.33 Å². The fraction of sp³-hybridized carbons (Fsp3) is 0.727. The van der Waals surface area contributed by atoms with Gasteiger partial charge >= 0.3 is 0 Å². The number of imidazole rings is 1. The molecule has 0 bridgehead atoms. The van der Waals surface area contributed by atoms with Crippen LogP contribution in [-0.4, -0.2) is 15.5 Å². The topological polar surface area (TPSA) is 43.8 Å². The molecule has 1 aromatic rings. The number of halogens is 3. The molecule has 3 nitrogen and oxygen atoms in total. The third kappa shape index (κ3) is 2.31. The molecule has 2 N–H and O–H groups in total. The van der Waals surface area contributed by atoms with Crippen LogP contribution >= 0.6 is 11.6 Å². The molecule has 0 aliphatic heterocycles. The van der Waals surface area contributed by atoms with Gasteiger partial charge in [0.2, 0.25) is 5.92 Å². The highest BCUT2D eigenvalue weighted by Crippen LogP contribution is 2.43. The summed E-state index contributed by atoms with van der Waals surface area (Å²) in [6.07, 6.45) is 1.72. The van der Waals surface area contributed by atoms with Crippen LogP contribution in [0.5, 0.6) is 0 Å². The van der Waals surface area contributed by atoms with Crippen molar-refractivity contribution in [2.75, 3.05) is 0 Å². The number of nitrogens with two attached hydrogens (primary N) is 1. The molecule has 17 heavy (non-hydrogen) atoms. The van der Waals surface area contributed by atoms with E-state index in [2.05, 4.69) is 4.98 Å². The highest BCUT2D eigenvalue weighted by molar-refractivity contribution is 6.30. The lowest BCUT2D eigenvalue weighted by Gasteiger charge is -2.37. The zero-order chi connectivity index (χ0) is 12.7. The molecule has 0 aromatic carbocycles. The second-order valence-corrected chi connectivity index (χ2v) is 5.04. The molecule has 0 spiro atoms. The Morgan fingerprint density at radius 3 is 2.53 bits per heavy atom. The average Bonchev–Trinajstić information content (AvgIpc) is 2.65. The van der Waals surface area contributed by atoms with Gasteiger partial charge in [-0.3, -0.25) is 0 Å². The van der Waals surface area contributed by atoms with Crippen molar-refractivity contribution < 1.29 is 8.78 Å². The Morgan fingerprint density at radius 1 is 1.41 bits per heavy atom. The molecular formula is C11H16ClF2N3. The van der Waals surface area contributed by atoms with Crippen molar-refractivity contribution >= 4 is 11.6 Å². The van der Waals surface area contributed by atoms with Crippen LogP contribution in [0.2, 0.25) is 5.15 Å². The van der Waals surface area contributed by atoms with E-state index in [1.54, 1.807) is 6.33 Å². The third-order valence-electron chi connectivity index (χ3n) is 3.48. The van der Waals surface area contributed by atoms with E-state index in [0.29, 0.717) is 17.4 Å². The Kier molecular flexibility index (Phi) is 3.16. The van der Waals surface area contributed by atoms with Gasteiger partial charge in [-0.05, 0) is 19.8 Å². The Bertz CT molecular complexity index is 407. The van der Waals surface area contributed by atoms with Crippen molar-refractivity contribution in [3.05, 3.63) is 17.2 Å². The van der Waals surface area contributed by atoms with E-state index >= 15 is 0 Å². The molecule has 1 heterocycles. The number of alkyl halides is 2. The van der Waals surface area contributed by atoms with E-state index in [1.165, 1.54) is 0 Å². The quantitative estimate of drug-likeness (QED) is 0.892. The maximum absolute atomic E-state index is 13.2. The molecular weight excluding hydrogens is 248 g/mol. The lowest BCUT2D eigenvalue weighted by molar-refractivity contribution is -0.0523. The Balaban J connectivity index is 2.30. The van der Waals surface area contributed by atoms with Crippen LogP contribution in [-0.2, 0) is 12.1 Å². The lowest BCUT2D eigenvalue weighted by Crippen LogP contribution is -2.45. The molecule has 96 valence electrons. The number of rotatable bonds is 2. The molecule has 1 saturated carbocycles. The second-order valence-electron chi connectivity index (χ2n) is 4.68. The largest absolute Gasteiger partial charge is 0.332 e. The molecule has 1 aromatic heterocycles. The second kappa shape index (κ2) is 4.21. The maximum Gasteiger partial charge on any atom is 0.248 e. The van der Waals surface area contributed by atoms with E-state index in [1.807, 2.05) is 11.5 Å². The van der Waals surface area contributed by atoms with Crippen LogP contribution in [0.4, 0.5) is 8.78 Å². The Morgan fingerprint density at radius 2 is 2.00 bits per heavy atom. The van der Waals surface area contributed by atoms with Crippen molar-refractivity contribution in [1.29, 1.82) is 0 Å². The molecule has 6 heteroatoms. The first-order valence-electron chi connectivity index (χ1n) is 5.76. The van der Waals surface area contributed by atoms with Crippen LogP contribution in [0.3, 0.4) is 0 Å². The van der Waals surface area contributed by atoms with Gasteiger partial charge in [-0.15, -0.1) is 0 Å². The highest BCUT2D eigenvalue weighted by atomic mass is 35.5. The van der Waals surface area contributed by atoms with E-state index in [-0.39, 0.29) is 25.7 Å². The van der Waals surface area contributed by atoms with Crippen molar-refractivity contribution in [3.63, 3.8) is 0 Å². The predicted octanol–water partition coefficient (Wildman–Crippen LogP) is 2.92. The van der Waals surface area contributed by atoms with Gasteiger partial charge in [-0.25, -0.2) is 13.8 Å². The number of aromatic nitrogens is 2. The Hall–Kier alpha value is -0.680. The van der Waals surface area contributed by atoms with Crippen LogP contribution in [0.25, 0.3) is 0 Å². The van der Waals surface area contributed by atoms with Crippen molar-refractivity contribution in [2.24, 2.45) is 5.73 Å². The summed E-state index contributed by atoms with van der Waals surface area (Å²) in [6.45, 7) is 2.63. The third-order valence-corrected chi connectivity index (χ3v) is 3.76. The summed E-state index contributed by atoms with van der Waals surface area (Å²) in [7, 11) is 0. The highest BCUT2D eigenvalue weighted by Gasteiger charge is 2.44. The van der Waals surface area contributed by atoms with Gasteiger partial charge in [0.25, 0.3) is 0 Å². The number of aryl methyl sites for hydroxylation is 1. The van der Waals surface area contributed by atoms with Crippen LogP contribution in [0, 0.1) is 0 Å².